The first kappa shape index (κ1) is 12.1. The summed E-state index contributed by atoms with van der Waals surface area (Å²) in [6.07, 6.45) is 0. The molecular formula is C13H8BrF2N3. The molecule has 3 rings (SSSR count). The number of nitrogen functional groups attached to an aromatic ring is 1. The second-order valence-corrected chi connectivity index (χ2v) is 4.87. The lowest BCUT2D eigenvalue weighted by molar-refractivity contribution is 0.620. The number of aromatic nitrogens is 2. The zero-order valence-corrected chi connectivity index (χ0v) is 11.2. The van der Waals surface area contributed by atoms with E-state index in [1.807, 2.05) is 0 Å². The molecule has 0 bridgehead atoms. The average Bonchev–Trinajstić information content (AvgIpc) is 2.71. The predicted molar refractivity (Wildman–Crippen MR) is 73.1 cm³/mol. The monoisotopic (exact) mass is 323 g/mol. The summed E-state index contributed by atoms with van der Waals surface area (Å²) in [5.74, 6) is -0.766. The van der Waals surface area contributed by atoms with E-state index < -0.39 is 11.6 Å². The van der Waals surface area contributed by atoms with Crippen molar-refractivity contribution in [1.82, 2.24) is 9.55 Å². The second-order valence-electron chi connectivity index (χ2n) is 4.01. The maximum Gasteiger partial charge on any atom is 0.206 e. The molecule has 0 saturated carbocycles. The number of nitrogens with two attached hydrogens (primary N) is 1. The predicted octanol–water partition coefficient (Wildman–Crippen LogP) is 3.65. The molecule has 19 heavy (non-hydrogen) atoms. The van der Waals surface area contributed by atoms with Crippen LogP contribution in [0.15, 0.2) is 40.9 Å². The van der Waals surface area contributed by atoms with Crippen LogP contribution < -0.4 is 5.73 Å². The van der Waals surface area contributed by atoms with Gasteiger partial charge in [0.15, 0.2) is 5.82 Å². The zero-order valence-electron chi connectivity index (χ0n) is 9.57. The molecule has 0 unspecified atom stereocenters. The van der Waals surface area contributed by atoms with Gasteiger partial charge in [0, 0.05) is 0 Å². The normalized spacial score (nSPS) is 11.1. The number of anilines is 1. The van der Waals surface area contributed by atoms with Gasteiger partial charge in [-0.3, -0.25) is 4.57 Å². The minimum Gasteiger partial charge on any atom is -0.369 e. The van der Waals surface area contributed by atoms with Crippen LogP contribution in [0, 0.1) is 11.6 Å². The summed E-state index contributed by atoms with van der Waals surface area (Å²) in [6, 6.07) is 9.10. The molecule has 0 saturated heterocycles. The van der Waals surface area contributed by atoms with E-state index >= 15 is 0 Å². The lowest BCUT2D eigenvalue weighted by Gasteiger charge is -2.07. The fourth-order valence-corrected chi connectivity index (χ4v) is 2.23. The average molecular weight is 324 g/mol. The van der Waals surface area contributed by atoms with E-state index in [2.05, 4.69) is 20.9 Å². The van der Waals surface area contributed by atoms with Crippen molar-refractivity contribution in [3.05, 3.63) is 52.5 Å². The molecule has 0 aliphatic rings. The van der Waals surface area contributed by atoms with Gasteiger partial charge in [0.25, 0.3) is 0 Å². The number of nitrogens with zero attached hydrogens (tertiary/aromatic N) is 2. The minimum absolute atomic E-state index is 0.113. The molecular weight excluding hydrogens is 316 g/mol. The van der Waals surface area contributed by atoms with Crippen molar-refractivity contribution in [2.75, 3.05) is 5.73 Å². The topological polar surface area (TPSA) is 43.8 Å². The number of benzene rings is 2. The Morgan fingerprint density at radius 1 is 1.11 bits per heavy atom. The zero-order chi connectivity index (χ0) is 13.6. The van der Waals surface area contributed by atoms with Crippen LogP contribution in [0.1, 0.15) is 0 Å². The van der Waals surface area contributed by atoms with E-state index in [0.717, 1.165) is 0 Å². The summed E-state index contributed by atoms with van der Waals surface area (Å²) in [7, 11) is 0. The Morgan fingerprint density at radius 3 is 2.63 bits per heavy atom. The van der Waals surface area contributed by atoms with Gasteiger partial charge in [0.2, 0.25) is 5.95 Å². The molecule has 1 heterocycles. The van der Waals surface area contributed by atoms with E-state index in [1.165, 1.54) is 16.7 Å². The Kier molecular flexibility index (Phi) is 2.74. The van der Waals surface area contributed by atoms with Crippen LogP contribution in [0.4, 0.5) is 14.7 Å². The summed E-state index contributed by atoms with van der Waals surface area (Å²) in [6.45, 7) is 0. The molecule has 0 radical (unpaired) electrons. The van der Waals surface area contributed by atoms with Crippen LogP contribution in [-0.2, 0) is 0 Å². The van der Waals surface area contributed by atoms with Gasteiger partial charge < -0.3 is 5.73 Å². The fraction of sp³-hybridized carbons (Fsp3) is 0. The smallest absolute Gasteiger partial charge is 0.206 e. The highest BCUT2D eigenvalue weighted by molar-refractivity contribution is 9.10. The summed E-state index contributed by atoms with van der Waals surface area (Å²) in [5, 5.41) is 0. The van der Waals surface area contributed by atoms with Gasteiger partial charge in [-0.1, -0.05) is 6.07 Å². The van der Waals surface area contributed by atoms with Crippen molar-refractivity contribution in [3.8, 4) is 5.69 Å². The number of fused-ring (bicyclic) bond motifs is 1. The summed E-state index contributed by atoms with van der Waals surface area (Å²) >= 11 is 3.08. The summed E-state index contributed by atoms with van der Waals surface area (Å²) < 4.78 is 29.1. The van der Waals surface area contributed by atoms with E-state index in [9.17, 15) is 8.78 Å². The molecule has 6 heteroatoms. The maximum atomic E-state index is 13.6. The van der Waals surface area contributed by atoms with Crippen molar-refractivity contribution >= 4 is 32.9 Å². The molecule has 0 fully saturated rings. The minimum atomic E-state index is -0.458. The largest absolute Gasteiger partial charge is 0.369 e. The van der Waals surface area contributed by atoms with E-state index in [-0.39, 0.29) is 11.5 Å². The molecule has 96 valence electrons. The molecule has 0 spiro atoms. The highest BCUT2D eigenvalue weighted by Gasteiger charge is 2.13. The second kappa shape index (κ2) is 4.31. The van der Waals surface area contributed by atoms with Crippen LogP contribution in [0.3, 0.4) is 0 Å². The van der Waals surface area contributed by atoms with Crippen molar-refractivity contribution in [1.29, 1.82) is 0 Å². The van der Waals surface area contributed by atoms with E-state index in [1.54, 1.807) is 24.3 Å². The standard InChI is InChI=1S/C13H8BrF2N3/c14-8-5-4-7(6-10(8)16)19-11-3-1-2-9(15)12(11)18-13(19)17/h1-6H,(H2,17,18). The van der Waals surface area contributed by atoms with Crippen molar-refractivity contribution in [2.24, 2.45) is 0 Å². The van der Waals surface area contributed by atoms with Gasteiger partial charge in [-0.15, -0.1) is 0 Å². The number of halogens is 3. The number of para-hydroxylation sites is 1. The fourth-order valence-electron chi connectivity index (χ4n) is 1.98. The highest BCUT2D eigenvalue weighted by Crippen LogP contribution is 2.26. The van der Waals surface area contributed by atoms with Gasteiger partial charge in [-0.2, -0.15) is 0 Å². The van der Waals surface area contributed by atoms with Crippen LogP contribution >= 0.6 is 15.9 Å². The molecule has 3 nitrogen and oxygen atoms in total. The molecule has 3 aromatic rings. The first-order valence-corrected chi connectivity index (χ1v) is 6.25. The lowest BCUT2D eigenvalue weighted by Crippen LogP contribution is -2.01. The van der Waals surface area contributed by atoms with Gasteiger partial charge in [0.05, 0.1) is 15.7 Å². The number of hydrogen-bond acceptors (Lipinski definition) is 2. The maximum absolute atomic E-state index is 13.6. The van der Waals surface area contributed by atoms with Gasteiger partial charge in [-0.05, 0) is 46.3 Å². The lowest BCUT2D eigenvalue weighted by atomic mass is 10.2. The molecule has 0 amide bonds. The number of rotatable bonds is 1. The summed E-state index contributed by atoms with van der Waals surface area (Å²) in [4.78, 5) is 3.97. The number of hydrogen-bond donors (Lipinski definition) is 1. The third kappa shape index (κ3) is 1.88. The molecule has 2 aromatic carbocycles. The Bertz CT molecular complexity index is 783. The molecule has 0 aliphatic carbocycles. The SMILES string of the molecule is Nc1nc2c(F)cccc2n1-c1ccc(Br)c(F)c1. The Morgan fingerprint density at radius 2 is 1.89 bits per heavy atom. The Hall–Kier alpha value is -1.95. The van der Waals surface area contributed by atoms with Crippen LogP contribution in [0.5, 0.6) is 0 Å². The van der Waals surface area contributed by atoms with Crippen molar-refractivity contribution in [3.63, 3.8) is 0 Å². The van der Waals surface area contributed by atoms with E-state index in [4.69, 9.17) is 5.73 Å². The molecule has 1 aromatic heterocycles. The number of imidazole rings is 1. The van der Waals surface area contributed by atoms with Gasteiger partial charge >= 0.3 is 0 Å². The third-order valence-corrected chi connectivity index (χ3v) is 3.47. The first-order chi connectivity index (χ1) is 9.08. The van der Waals surface area contributed by atoms with Crippen molar-refractivity contribution in [2.45, 2.75) is 0 Å². The summed E-state index contributed by atoms with van der Waals surface area (Å²) in [5.41, 5.74) is 6.95. The van der Waals surface area contributed by atoms with Gasteiger partial charge in [0.1, 0.15) is 11.3 Å². The third-order valence-electron chi connectivity index (χ3n) is 2.82. The Balaban J connectivity index is 2.33. The quantitative estimate of drug-likeness (QED) is 0.742. The van der Waals surface area contributed by atoms with Crippen LogP contribution in [0.2, 0.25) is 0 Å². The molecule has 0 aliphatic heterocycles. The first-order valence-electron chi connectivity index (χ1n) is 5.46. The Labute approximate surface area is 115 Å². The van der Waals surface area contributed by atoms with Crippen LogP contribution in [0.25, 0.3) is 16.7 Å². The highest BCUT2D eigenvalue weighted by atomic mass is 79.9. The van der Waals surface area contributed by atoms with Crippen molar-refractivity contribution < 1.29 is 8.78 Å². The van der Waals surface area contributed by atoms with E-state index in [0.29, 0.717) is 15.7 Å². The molecule has 2 N–H and O–H groups in total. The molecule has 0 atom stereocenters. The van der Waals surface area contributed by atoms with Gasteiger partial charge in [-0.25, -0.2) is 13.8 Å². The van der Waals surface area contributed by atoms with Crippen LogP contribution in [-0.4, -0.2) is 9.55 Å².